The van der Waals surface area contributed by atoms with E-state index in [1.165, 1.54) is 0 Å². The summed E-state index contributed by atoms with van der Waals surface area (Å²) in [6, 6.07) is 9.47. The molecule has 5 heteroatoms. The van der Waals surface area contributed by atoms with Gasteiger partial charge in [-0.25, -0.2) is 4.68 Å². The quantitative estimate of drug-likeness (QED) is 0.853. The van der Waals surface area contributed by atoms with Crippen molar-refractivity contribution in [1.29, 1.82) is 0 Å². The van der Waals surface area contributed by atoms with Gasteiger partial charge in [-0.05, 0) is 30.7 Å². The van der Waals surface area contributed by atoms with E-state index in [0.29, 0.717) is 5.69 Å². The Morgan fingerprint density at radius 3 is 2.56 bits per heavy atom. The molecule has 0 radical (unpaired) electrons. The summed E-state index contributed by atoms with van der Waals surface area (Å²) in [6.45, 7) is 1.94. The zero-order valence-electron chi connectivity index (χ0n) is 10.4. The Balaban J connectivity index is 2.26. The average molecular weight is 244 g/mol. The Labute approximate surface area is 106 Å². The number of nitrogens with two attached hydrogens (primary N) is 1. The number of benzene rings is 1. The Morgan fingerprint density at radius 1 is 1.33 bits per heavy atom. The van der Waals surface area contributed by atoms with Gasteiger partial charge in [0.2, 0.25) is 0 Å². The molecule has 0 saturated carbocycles. The Bertz CT molecular complexity index is 542. The van der Waals surface area contributed by atoms with Crippen LogP contribution in [-0.2, 0) is 0 Å². The highest BCUT2D eigenvalue weighted by Gasteiger charge is 2.08. The molecule has 1 unspecified atom stereocenters. The van der Waals surface area contributed by atoms with Crippen LogP contribution in [0.4, 0.5) is 0 Å². The molecule has 0 aliphatic rings. The fraction of sp³-hybridized carbons (Fsp3) is 0.231. The lowest BCUT2D eigenvalue weighted by molar-refractivity contribution is 0.0957. The van der Waals surface area contributed by atoms with Gasteiger partial charge in [-0.15, -0.1) is 0 Å². The van der Waals surface area contributed by atoms with E-state index in [1.807, 2.05) is 31.2 Å². The minimum atomic E-state index is -0.194. The first-order valence-corrected chi connectivity index (χ1v) is 5.75. The van der Waals surface area contributed by atoms with E-state index >= 15 is 0 Å². The molecule has 1 aromatic heterocycles. The summed E-state index contributed by atoms with van der Waals surface area (Å²) >= 11 is 0. The van der Waals surface area contributed by atoms with Crippen molar-refractivity contribution < 1.29 is 4.79 Å². The molecule has 0 saturated heterocycles. The Kier molecular flexibility index (Phi) is 3.43. The van der Waals surface area contributed by atoms with Gasteiger partial charge in [-0.2, -0.15) is 5.10 Å². The monoisotopic (exact) mass is 244 g/mol. The average Bonchev–Trinajstić information content (AvgIpc) is 2.87. The van der Waals surface area contributed by atoms with Gasteiger partial charge in [0, 0.05) is 19.3 Å². The zero-order chi connectivity index (χ0) is 13.1. The van der Waals surface area contributed by atoms with Crippen LogP contribution in [0.5, 0.6) is 0 Å². The number of amides is 1. The van der Waals surface area contributed by atoms with E-state index in [1.54, 1.807) is 24.0 Å². The van der Waals surface area contributed by atoms with E-state index in [-0.39, 0.29) is 11.9 Å². The number of nitrogens with zero attached hydrogens (tertiary/aromatic N) is 2. The van der Waals surface area contributed by atoms with Crippen LogP contribution >= 0.6 is 0 Å². The zero-order valence-corrected chi connectivity index (χ0v) is 10.4. The largest absolute Gasteiger partial charge is 0.354 e. The minimum absolute atomic E-state index is 0.0121. The molecule has 5 nitrogen and oxygen atoms in total. The molecule has 0 fully saturated rings. The van der Waals surface area contributed by atoms with Crippen LogP contribution in [0.2, 0.25) is 0 Å². The van der Waals surface area contributed by atoms with Crippen LogP contribution in [-0.4, -0.2) is 22.7 Å². The van der Waals surface area contributed by atoms with Crippen molar-refractivity contribution >= 4 is 5.91 Å². The smallest absolute Gasteiger partial charge is 0.271 e. The summed E-state index contributed by atoms with van der Waals surface area (Å²) < 4.78 is 1.66. The number of hydrogen-bond acceptors (Lipinski definition) is 3. The third-order valence-electron chi connectivity index (χ3n) is 2.73. The molecule has 1 aromatic carbocycles. The van der Waals surface area contributed by atoms with Gasteiger partial charge in [0.05, 0.1) is 5.69 Å². The fourth-order valence-corrected chi connectivity index (χ4v) is 1.65. The van der Waals surface area contributed by atoms with E-state index in [0.717, 1.165) is 11.3 Å². The van der Waals surface area contributed by atoms with Crippen LogP contribution in [0, 0.1) is 0 Å². The highest BCUT2D eigenvalue weighted by Crippen LogP contribution is 2.13. The molecule has 18 heavy (non-hydrogen) atoms. The van der Waals surface area contributed by atoms with E-state index in [4.69, 9.17) is 5.73 Å². The van der Waals surface area contributed by atoms with Crippen molar-refractivity contribution in [2.45, 2.75) is 13.0 Å². The normalized spacial score (nSPS) is 12.2. The topological polar surface area (TPSA) is 72.9 Å². The van der Waals surface area contributed by atoms with Crippen molar-refractivity contribution in [3.63, 3.8) is 0 Å². The standard InChI is InChI=1S/C13H16N4O/c1-9(14)10-3-5-11(6-4-10)17-8-7-12(16-17)13(18)15-2/h3-9H,14H2,1-2H3,(H,15,18). The van der Waals surface area contributed by atoms with Crippen molar-refractivity contribution in [3.05, 3.63) is 47.8 Å². The Morgan fingerprint density at radius 2 is 2.00 bits per heavy atom. The lowest BCUT2D eigenvalue weighted by Crippen LogP contribution is -2.18. The maximum atomic E-state index is 11.4. The molecule has 1 heterocycles. The number of carbonyl (C=O) groups is 1. The lowest BCUT2D eigenvalue weighted by atomic mass is 10.1. The van der Waals surface area contributed by atoms with Crippen LogP contribution in [0.15, 0.2) is 36.5 Å². The van der Waals surface area contributed by atoms with Gasteiger partial charge < -0.3 is 11.1 Å². The molecule has 2 aromatic rings. The number of aromatic nitrogens is 2. The van der Waals surface area contributed by atoms with Crippen molar-refractivity contribution in [3.8, 4) is 5.69 Å². The van der Waals surface area contributed by atoms with Crippen LogP contribution in [0.3, 0.4) is 0 Å². The molecule has 1 amide bonds. The predicted molar refractivity (Wildman–Crippen MR) is 69.6 cm³/mol. The van der Waals surface area contributed by atoms with Crippen molar-refractivity contribution in [2.24, 2.45) is 5.73 Å². The highest BCUT2D eigenvalue weighted by molar-refractivity contribution is 5.91. The first-order valence-electron chi connectivity index (χ1n) is 5.75. The second-order valence-corrected chi connectivity index (χ2v) is 4.10. The maximum absolute atomic E-state index is 11.4. The van der Waals surface area contributed by atoms with E-state index in [9.17, 15) is 4.79 Å². The Hall–Kier alpha value is -2.14. The first-order chi connectivity index (χ1) is 8.61. The second kappa shape index (κ2) is 5.01. The summed E-state index contributed by atoms with van der Waals surface area (Å²) in [4.78, 5) is 11.4. The van der Waals surface area contributed by atoms with Gasteiger partial charge in [0.15, 0.2) is 5.69 Å². The summed E-state index contributed by atoms with van der Waals surface area (Å²) in [5, 5.41) is 6.74. The molecule has 0 bridgehead atoms. The predicted octanol–water partition coefficient (Wildman–Crippen LogP) is 1.25. The van der Waals surface area contributed by atoms with Gasteiger partial charge >= 0.3 is 0 Å². The molecule has 0 aliphatic heterocycles. The van der Waals surface area contributed by atoms with Crippen molar-refractivity contribution in [1.82, 2.24) is 15.1 Å². The SMILES string of the molecule is CNC(=O)c1ccn(-c2ccc(C(C)N)cc2)n1. The van der Waals surface area contributed by atoms with Crippen LogP contribution < -0.4 is 11.1 Å². The summed E-state index contributed by atoms with van der Waals surface area (Å²) in [7, 11) is 1.58. The highest BCUT2D eigenvalue weighted by atomic mass is 16.1. The fourth-order valence-electron chi connectivity index (χ4n) is 1.65. The van der Waals surface area contributed by atoms with Gasteiger partial charge in [0.1, 0.15) is 0 Å². The summed E-state index contributed by atoms with van der Waals surface area (Å²) in [6.07, 6.45) is 1.76. The molecular weight excluding hydrogens is 228 g/mol. The maximum Gasteiger partial charge on any atom is 0.271 e. The molecule has 94 valence electrons. The number of hydrogen-bond donors (Lipinski definition) is 2. The number of carbonyl (C=O) groups excluding carboxylic acids is 1. The van der Waals surface area contributed by atoms with Gasteiger partial charge in [-0.3, -0.25) is 4.79 Å². The number of rotatable bonds is 3. The second-order valence-electron chi connectivity index (χ2n) is 4.10. The number of nitrogens with one attached hydrogen (secondary N) is 1. The van der Waals surface area contributed by atoms with E-state index < -0.39 is 0 Å². The first kappa shape index (κ1) is 12.3. The van der Waals surface area contributed by atoms with E-state index in [2.05, 4.69) is 10.4 Å². The molecule has 0 spiro atoms. The van der Waals surface area contributed by atoms with Crippen LogP contribution in [0.25, 0.3) is 5.69 Å². The molecule has 0 aliphatic carbocycles. The lowest BCUT2D eigenvalue weighted by Gasteiger charge is -2.06. The van der Waals surface area contributed by atoms with Gasteiger partial charge in [-0.1, -0.05) is 12.1 Å². The molecular formula is C13H16N4O. The van der Waals surface area contributed by atoms with Gasteiger partial charge in [0.25, 0.3) is 5.91 Å². The van der Waals surface area contributed by atoms with Crippen LogP contribution in [0.1, 0.15) is 29.0 Å². The van der Waals surface area contributed by atoms with Crippen molar-refractivity contribution in [2.75, 3.05) is 7.05 Å². The third kappa shape index (κ3) is 2.41. The molecule has 3 N–H and O–H groups in total. The molecule has 2 rings (SSSR count). The summed E-state index contributed by atoms with van der Waals surface area (Å²) in [5.74, 6) is -0.194. The third-order valence-corrected chi connectivity index (χ3v) is 2.73. The summed E-state index contributed by atoms with van der Waals surface area (Å²) in [5.41, 5.74) is 8.15. The molecule has 1 atom stereocenters. The minimum Gasteiger partial charge on any atom is -0.354 e.